The Hall–Kier alpha value is -4.24. The van der Waals surface area contributed by atoms with Gasteiger partial charge in [0.2, 0.25) is 6.41 Å². The van der Waals surface area contributed by atoms with Crippen molar-refractivity contribution in [1.29, 1.82) is 0 Å². The predicted octanol–water partition coefficient (Wildman–Crippen LogP) is 5.57. The molecule has 236 valence electrons. The molecule has 3 N–H and O–H groups in total. The maximum Gasteiger partial charge on any atom is 0.253 e. The average molecular weight is 598 g/mol. The highest BCUT2D eigenvalue weighted by Gasteiger charge is 2.31. The summed E-state index contributed by atoms with van der Waals surface area (Å²) in [6.07, 6.45) is 2.12. The summed E-state index contributed by atoms with van der Waals surface area (Å²) in [6, 6.07) is 15.2. The van der Waals surface area contributed by atoms with E-state index in [0.717, 1.165) is 0 Å². The quantitative estimate of drug-likeness (QED) is 0.195. The van der Waals surface area contributed by atoms with E-state index in [1.165, 1.54) is 34.1 Å². The van der Waals surface area contributed by atoms with Gasteiger partial charge in [0.25, 0.3) is 11.8 Å². The first-order valence-corrected chi connectivity index (χ1v) is 14.5. The molecule has 0 heterocycles. The summed E-state index contributed by atoms with van der Waals surface area (Å²) in [6.45, 7) is 17.8. The third kappa shape index (κ3) is 13.1. The first-order chi connectivity index (χ1) is 20.5. The van der Waals surface area contributed by atoms with Crippen molar-refractivity contribution >= 4 is 18.2 Å². The van der Waals surface area contributed by atoms with E-state index in [1.54, 1.807) is 33.8 Å². The number of hydrogen-bond donors (Lipinski definition) is 3. The van der Waals surface area contributed by atoms with E-state index in [4.69, 9.17) is 0 Å². The standard InChI is InChI=1S/C26H36FN3O5.C6H6.C2H6/c1-7-11-20(19(6)27)15-30(16-31)17(4)14-29(9-3)26(35)24(33)22(8-2)28-25(34)21-12-10-13-23(32)18(21)5;1-2-4-6-5-3-1;1-2/h7,10-13,16-17,22,24,32-33H,1,6,8-9,14-15H2,2-5H3,(H,28,34);1-6H;1-2H3/b20-11-;;. The highest BCUT2D eigenvalue weighted by molar-refractivity contribution is 5.97. The summed E-state index contributed by atoms with van der Waals surface area (Å²) in [5.41, 5.74) is 0.812. The number of benzene rings is 2. The van der Waals surface area contributed by atoms with Crippen LogP contribution >= 0.6 is 0 Å². The van der Waals surface area contributed by atoms with E-state index in [2.05, 4.69) is 18.5 Å². The average Bonchev–Trinajstić information content (AvgIpc) is 3.03. The first kappa shape index (κ1) is 38.8. The third-order valence-electron chi connectivity index (χ3n) is 6.51. The molecule has 2 aromatic rings. The van der Waals surface area contributed by atoms with E-state index in [1.807, 2.05) is 50.2 Å². The molecule has 2 aromatic carbocycles. The highest BCUT2D eigenvalue weighted by atomic mass is 19.1. The van der Waals surface area contributed by atoms with Crippen LogP contribution in [0.1, 0.15) is 57.0 Å². The summed E-state index contributed by atoms with van der Waals surface area (Å²) in [7, 11) is 0. The molecule has 0 saturated carbocycles. The van der Waals surface area contributed by atoms with Crippen molar-refractivity contribution < 1.29 is 29.0 Å². The Kier molecular flexibility index (Phi) is 19.3. The molecule has 0 saturated heterocycles. The maximum absolute atomic E-state index is 13.7. The van der Waals surface area contributed by atoms with E-state index < -0.39 is 35.8 Å². The second-order valence-corrected chi connectivity index (χ2v) is 9.37. The van der Waals surface area contributed by atoms with Crippen LogP contribution in [0.5, 0.6) is 5.75 Å². The largest absolute Gasteiger partial charge is 0.508 e. The van der Waals surface area contributed by atoms with E-state index >= 15 is 0 Å². The summed E-state index contributed by atoms with van der Waals surface area (Å²) >= 11 is 0. The van der Waals surface area contributed by atoms with Crippen LogP contribution in [-0.4, -0.2) is 76.1 Å². The molecule has 0 aliphatic carbocycles. The predicted molar refractivity (Wildman–Crippen MR) is 171 cm³/mol. The normalized spacial score (nSPS) is 12.5. The molecule has 0 aliphatic rings. The van der Waals surface area contributed by atoms with E-state index in [-0.39, 0.29) is 42.9 Å². The Labute approximate surface area is 256 Å². The number of nitrogens with zero attached hydrogens (tertiary/aromatic N) is 2. The van der Waals surface area contributed by atoms with Gasteiger partial charge in [-0.2, -0.15) is 0 Å². The highest BCUT2D eigenvalue weighted by Crippen LogP contribution is 2.20. The van der Waals surface area contributed by atoms with Crippen LogP contribution in [0.2, 0.25) is 0 Å². The van der Waals surface area contributed by atoms with Crippen LogP contribution in [0.15, 0.2) is 91.3 Å². The fourth-order valence-electron chi connectivity index (χ4n) is 3.93. The molecule has 9 heteroatoms. The fraction of sp³-hybridized carbons (Fsp3) is 0.382. The third-order valence-corrected chi connectivity index (χ3v) is 6.51. The number of carbonyl (C=O) groups excluding carboxylic acids is 3. The summed E-state index contributed by atoms with van der Waals surface area (Å²) in [5.74, 6) is -1.85. The van der Waals surface area contributed by atoms with Crippen molar-refractivity contribution in [3.8, 4) is 5.75 Å². The minimum absolute atomic E-state index is 0.0318. The summed E-state index contributed by atoms with van der Waals surface area (Å²) in [5, 5.41) is 23.3. The Balaban J connectivity index is 0.00000192. The van der Waals surface area contributed by atoms with Crippen molar-refractivity contribution in [3.63, 3.8) is 0 Å². The van der Waals surface area contributed by atoms with E-state index in [0.29, 0.717) is 12.0 Å². The summed E-state index contributed by atoms with van der Waals surface area (Å²) in [4.78, 5) is 40.1. The number of hydrogen-bond acceptors (Lipinski definition) is 5. The van der Waals surface area contributed by atoms with Crippen molar-refractivity contribution in [2.24, 2.45) is 0 Å². The van der Waals surface area contributed by atoms with Gasteiger partial charge in [0.15, 0.2) is 6.10 Å². The lowest BCUT2D eigenvalue weighted by Gasteiger charge is -2.33. The smallest absolute Gasteiger partial charge is 0.253 e. The lowest BCUT2D eigenvalue weighted by molar-refractivity contribution is -0.142. The number of aromatic hydroxyl groups is 1. The number of nitrogens with one attached hydrogen (secondary N) is 1. The van der Waals surface area contributed by atoms with Gasteiger partial charge in [-0.3, -0.25) is 14.4 Å². The number of likely N-dealkylation sites (N-methyl/N-ethyl adjacent to an activating group) is 1. The topological polar surface area (TPSA) is 110 Å². The molecule has 0 aromatic heterocycles. The SMILES string of the molecule is C=C/C=C(/CN(C=O)C(C)CN(CC)C(=O)C(O)C(CC)NC(=O)c1cccc(O)c1C)C(=C)F.CC.c1ccccc1. The molecule has 0 radical (unpaired) electrons. The van der Waals surface area contributed by atoms with Gasteiger partial charge in [0.1, 0.15) is 11.6 Å². The molecule has 0 aliphatic heterocycles. The zero-order valence-electron chi connectivity index (χ0n) is 26.3. The second-order valence-electron chi connectivity index (χ2n) is 9.37. The molecule has 3 unspecified atom stereocenters. The van der Waals surface area contributed by atoms with Crippen LogP contribution in [0, 0.1) is 6.92 Å². The van der Waals surface area contributed by atoms with Crippen LogP contribution in [0.4, 0.5) is 4.39 Å². The summed E-state index contributed by atoms with van der Waals surface area (Å²) < 4.78 is 13.7. The number of aliphatic hydroxyl groups excluding tert-OH is 1. The zero-order chi connectivity index (χ0) is 32.9. The van der Waals surface area contributed by atoms with Crippen LogP contribution in [-0.2, 0) is 9.59 Å². The van der Waals surface area contributed by atoms with E-state index in [9.17, 15) is 29.0 Å². The van der Waals surface area contributed by atoms with Gasteiger partial charge in [-0.05, 0) is 39.3 Å². The Bertz CT molecular complexity index is 1160. The van der Waals surface area contributed by atoms with Gasteiger partial charge < -0.3 is 25.3 Å². The van der Waals surface area contributed by atoms with Crippen LogP contribution in [0.25, 0.3) is 0 Å². The Morgan fingerprint density at radius 2 is 1.63 bits per heavy atom. The Morgan fingerprint density at radius 3 is 2.07 bits per heavy atom. The number of phenols is 1. The zero-order valence-corrected chi connectivity index (χ0v) is 26.3. The molecule has 0 bridgehead atoms. The molecular formula is C34H48FN3O5. The number of allylic oxidation sites excluding steroid dienone is 2. The molecule has 2 rings (SSSR count). The molecular weight excluding hydrogens is 549 g/mol. The van der Waals surface area contributed by atoms with Crippen LogP contribution in [0.3, 0.4) is 0 Å². The minimum Gasteiger partial charge on any atom is -0.508 e. The molecule has 43 heavy (non-hydrogen) atoms. The number of rotatable bonds is 14. The van der Waals surface area contributed by atoms with Gasteiger partial charge >= 0.3 is 0 Å². The molecule has 0 fully saturated rings. The lowest BCUT2D eigenvalue weighted by Crippen LogP contribution is -2.54. The molecule has 8 nitrogen and oxygen atoms in total. The first-order valence-electron chi connectivity index (χ1n) is 14.5. The number of phenolic OH excluding ortho intramolecular Hbond substituents is 1. The van der Waals surface area contributed by atoms with Crippen molar-refractivity contribution in [1.82, 2.24) is 15.1 Å². The number of aliphatic hydroxyl groups is 1. The van der Waals surface area contributed by atoms with Gasteiger partial charge in [-0.25, -0.2) is 4.39 Å². The van der Waals surface area contributed by atoms with Crippen molar-refractivity contribution in [2.75, 3.05) is 19.6 Å². The molecule has 0 spiro atoms. The fourth-order valence-corrected chi connectivity index (χ4v) is 3.93. The second kappa shape index (κ2) is 21.5. The van der Waals surface area contributed by atoms with Crippen LogP contribution < -0.4 is 5.32 Å². The number of halogens is 1. The monoisotopic (exact) mass is 597 g/mol. The Morgan fingerprint density at radius 1 is 1.07 bits per heavy atom. The van der Waals surface area contributed by atoms with Gasteiger partial charge in [0.05, 0.1) is 6.04 Å². The van der Waals surface area contributed by atoms with Gasteiger partial charge in [0, 0.05) is 42.4 Å². The molecule has 3 amide bonds. The van der Waals surface area contributed by atoms with Crippen molar-refractivity contribution in [2.45, 2.75) is 66.2 Å². The minimum atomic E-state index is -1.53. The number of amides is 3. The van der Waals surface area contributed by atoms with Crippen molar-refractivity contribution in [3.05, 3.63) is 102 Å². The number of carbonyl (C=O) groups is 3. The lowest BCUT2D eigenvalue weighted by atomic mass is 10.0. The maximum atomic E-state index is 13.7. The van der Waals surface area contributed by atoms with Gasteiger partial charge in [-0.1, -0.05) is 88.5 Å². The molecule has 3 atom stereocenters. The van der Waals surface area contributed by atoms with Gasteiger partial charge in [-0.15, -0.1) is 0 Å².